The molecule has 0 bridgehead atoms. The highest BCUT2D eigenvalue weighted by atomic mass is 16.5. The molecule has 0 amide bonds. The van der Waals surface area contributed by atoms with E-state index in [1.165, 1.54) is 5.56 Å². The van der Waals surface area contributed by atoms with Crippen molar-refractivity contribution < 1.29 is 14.3 Å². The van der Waals surface area contributed by atoms with Crippen molar-refractivity contribution in [2.24, 2.45) is 11.8 Å². The van der Waals surface area contributed by atoms with Gasteiger partial charge < -0.3 is 9.47 Å². The first-order valence-corrected chi connectivity index (χ1v) is 8.66. The number of hydrogen-bond acceptors (Lipinski definition) is 3. The molecule has 3 heteroatoms. The van der Waals surface area contributed by atoms with E-state index in [4.69, 9.17) is 9.47 Å². The highest BCUT2D eigenvalue weighted by Crippen LogP contribution is 2.42. The fourth-order valence-electron chi connectivity index (χ4n) is 3.32. The minimum absolute atomic E-state index is 0.230. The third-order valence-corrected chi connectivity index (χ3v) is 4.70. The van der Waals surface area contributed by atoms with E-state index in [2.05, 4.69) is 24.3 Å². The quantitative estimate of drug-likeness (QED) is 0.581. The summed E-state index contributed by atoms with van der Waals surface area (Å²) in [7, 11) is 0. The third-order valence-electron chi connectivity index (χ3n) is 4.70. The predicted octanol–water partition coefficient (Wildman–Crippen LogP) is 4.21. The molecule has 126 valence electrons. The van der Waals surface area contributed by atoms with Gasteiger partial charge in [-0.25, -0.2) is 4.79 Å². The molecule has 0 aliphatic heterocycles. The summed E-state index contributed by atoms with van der Waals surface area (Å²) in [6.07, 6.45) is 12.3. The van der Waals surface area contributed by atoms with Crippen LogP contribution in [0.1, 0.15) is 25.3 Å². The molecule has 3 rings (SSSR count). The molecule has 24 heavy (non-hydrogen) atoms. The molecular weight excluding hydrogens is 300 g/mol. The number of carbonyl (C=O) groups is 1. The zero-order chi connectivity index (χ0) is 16.8. The van der Waals surface area contributed by atoms with Gasteiger partial charge in [0.05, 0.1) is 19.3 Å². The van der Waals surface area contributed by atoms with Crippen LogP contribution in [0.15, 0.2) is 66.3 Å². The maximum absolute atomic E-state index is 11.8. The summed E-state index contributed by atoms with van der Waals surface area (Å²) in [5.74, 6) is 0.392. The van der Waals surface area contributed by atoms with Gasteiger partial charge in [0, 0.05) is 12.0 Å². The predicted molar refractivity (Wildman–Crippen MR) is 94.2 cm³/mol. The minimum Gasteiger partial charge on any atom is -0.463 e. The largest absolute Gasteiger partial charge is 0.463 e. The van der Waals surface area contributed by atoms with Crippen molar-refractivity contribution in [3.8, 4) is 0 Å². The summed E-state index contributed by atoms with van der Waals surface area (Å²) in [6, 6.07) is 10.3. The molecule has 2 aliphatic rings. The standard InChI is InChI=1S/C21H24O3/c1-2-23-21(22)14-17-10-6-7-11-18(17)19-12-13-20(19)24-15-16-8-4-3-5-9-16/h3-11,14,18-20H,2,12-13,15H2,1H3. The number of carbonyl (C=O) groups excluding carboxylic acids is 1. The van der Waals surface area contributed by atoms with E-state index in [1.54, 1.807) is 6.08 Å². The summed E-state index contributed by atoms with van der Waals surface area (Å²) < 4.78 is 11.2. The van der Waals surface area contributed by atoms with E-state index >= 15 is 0 Å². The van der Waals surface area contributed by atoms with E-state index in [0.717, 1.165) is 18.4 Å². The Bertz CT molecular complexity index is 642. The van der Waals surface area contributed by atoms with Crippen molar-refractivity contribution >= 4 is 5.97 Å². The molecule has 1 aromatic carbocycles. The summed E-state index contributed by atoms with van der Waals surface area (Å²) in [5, 5.41) is 0. The summed E-state index contributed by atoms with van der Waals surface area (Å²) >= 11 is 0. The van der Waals surface area contributed by atoms with Gasteiger partial charge in [-0.15, -0.1) is 0 Å². The van der Waals surface area contributed by atoms with Crippen LogP contribution in [-0.2, 0) is 20.9 Å². The first-order valence-electron chi connectivity index (χ1n) is 8.66. The minimum atomic E-state index is -0.265. The maximum atomic E-state index is 11.8. The fourth-order valence-corrected chi connectivity index (χ4v) is 3.32. The van der Waals surface area contributed by atoms with Crippen LogP contribution in [0, 0.1) is 11.8 Å². The van der Waals surface area contributed by atoms with Gasteiger partial charge in [-0.3, -0.25) is 0 Å². The van der Waals surface area contributed by atoms with Crippen LogP contribution >= 0.6 is 0 Å². The summed E-state index contributed by atoms with van der Waals surface area (Å²) in [6.45, 7) is 2.87. The number of hydrogen-bond donors (Lipinski definition) is 0. The first-order chi connectivity index (χ1) is 11.8. The van der Waals surface area contributed by atoms with E-state index < -0.39 is 0 Å². The van der Waals surface area contributed by atoms with E-state index in [9.17, 15) is 4.79 Å². The van der Waals surface area contributed by atoms with Gasteiger partial charge in [0.25, 0.3) is 0 Å². The molecule has 1 aromatic rings. The number of allylic oxidation sites excluding steroid dienone is 5. The summed E-state index contributed by atoms with van der Waals surface area (Å²) in [4.78, 5) is 11.8. The lowest BCUT2D eigenvalue weighted by molar-refractivity contribution is -0.137. The Hall–Kier alpha value is -2.13. The Morgan fingerprint density at radius 1 is 1.21 bits per heavy atom. The van der Waals surface area contributed by atoms with Crippen molar-refractivity contribution in [3.63, 3.8) is 0 Å². The van der Waals surface area contributed by atoms with Crippen LogP contribution in [-0.4, -0.2) is 18.7 Å². The van der Waals surface area contributed by atoms with Crippen molar-refractivity contribution in [3.05, 3.63) is 71.8 Å². The zero-order valence-electron chi connectivity index (χ0n) is 14.1. The van der Waals surface area contributed by atoms with Crippen LogP contribution in [0.4, 0.5) is 0 Å². The average Bonchev–Trinajstić information content (AvgIpc) is 2.57. The number of ether oxygens (including phenoxy) is 2. The van der Waals surface area contributed by atoms with Gasteiger partial charge in [0.1, 0.15) is 0 Å². The normalized spacial score (nSPS) is 27.0. The SMILES string of the molecule is CCOC(=O)C=C1C=CC=CC1C1CCC1OCc1ccccc1. The first kappa shape index (κ1) is 16.7. The molecule has 1 fully saturated rings. The second-order valence-corrected chi connectivity index (χ2v) is 6.24. The van der Waals surface area contributed by atoms with E-state index in [0.29, 0.717) is 19.1 Å². The molecule has 3 unspecified atom stereocenters. The van der Waals surface area contributed by atoms with E-state index in [1.807, 2.05) is 37.3 Å². The molecule has 0 radical (unpaired) electrons. The number of esters is 1. The molecule has 0 aromatic heterocycles. The Morgan fingerprint density at radius 3 is 2.75 bits per heavy atom. The molecule has 3 nitrogen and oxygen atoms in total. The molecular formula is C21H24O3. The topological polar surface area (TPSA) is 35.5 Å². The van der Waals surface area contributed by atoms with Crippen LogP contribution < -0.4 is 0 Å². The Balaban J connectivity index is 1.62. The second-order valence-electron chi connectivity index (χ2n) is 6.24. The lowest BCUT2D eigenvalue weighted by Gasteiger charge is -2.41. The Kier molecular flexibility index (Phi) is 5.65. The number of rotatable bonds is 6. The highest BCUT2D eigenvalue weighted by molar-refractivity contribution is 5.83. The third kappa shape index (κ3) is 4.04. The van der Waals surface area contributed by atoms with Crippen molar-refractivity contribution in [2.45, 2.75) is 32.5 Å². The molecule has 2 aliphatic carbocycles. The van der Waals surface area contributed by atoms with Crippen molar-refractivity contribution in [1.82, 2.24) is 0 Å². The monoisotopic (exact) mass is 324 g/mol. The van der Waals surface area contributed by atoms with Crippen LogP contribution in [0.5, 0.6) is 0 Å². The van der Waals surface area contributed by atoms with Crippen LogP contribution in [0.2, 0.25) is 0 Å². The maximum Gasteiger partial charge on any atom is 0.331 e. The van der Waals surface area contributed by atoms with Gasteiger partial charge in [-0.05, 0) is 36.8 Å². The molecule has 0 saturated heterocycles. The number of benzene rings is 1. The summed E-state index contributed by atoms with van der Waals surface area (Å²) in [5.41, 5.74) is 2.22. The lowest BCUT2D eigenvalue weighted by Crippen LogP contribution is -2.39. The highest BCUT2D eigenvalue weighted by Gasteiger charge is 2.38. The molecule has 0 heterocycles. The molecule has 3 atom stereocenters. The molecule has 0 spiro atoms. The van der Waals surface area contributed by atoms with Gasteiger partial charge in [-0.1, -0.05) is 54.6 Å². The zero-order valence-corrected chi connectivity index (χ0v) is 14.1. The van der Waals surface area contributed by atoms with Crippen LogP contribution in [0.3, 0.4) is 0 Å². The van der Waals surface area contributed by atoms with Crippen molar-refractivity contribution in [1.29, 1.82) is 0 Å². The fraction of sp³-hybridized carbons (Fsp3) is 0.381. The second kappa shape index (κ2) is 8.11. The Morgan fingerprint density at radius 2 is 2.04 bits per heavy atom. The van der Waals surface area contributed by atoms with Gasteiger partial charge in [0.2, 0.25) is 0 Å². The van der Waals surface area contributed by atoms with Gasteiger partial charge in [0.15, 0.2) is 0 Å². The van der Waals surface area contributed by atoms with E-state index in [-0.39, 0.29) is 18.0 Å². The van der Waals surface area contributed by atoms with Crippen molar-refractivity contribution in [2.75, 3.05) is 6.61 Å². The van der Waals surface area contributed by atoms with Crippen LogP contribution in [0.25, 0.3) is 0 Å². The lowest BCUT2D eigenvalue weighted by atomic mass is 9.69. The van der Waals surface area contributed by atoms with Gasteiger partial charge >= 0.3 is 5.97 Å². The van der Waals surface area contributed by atoms with Gasteiger partial charge in [-0.2, -0.15) is 0 Å². The smallest absolute Gasteiger partial charge is 0.331 e. The average molecular weight is 324 g/mol. The molecule has 1 saturated carbocycles. The Labute approximate surface area is 143 Å². The molecule has 0 N–H and O–H groups in total.